The molecule has 0 aromatic heterocycles. The molecule has 0 spiro atoms. The number of fused-ring (bicyclic) bond motifs is 2. The van der Waals surface area contributed by atoms with Crippen LogP contribution in [0.5, 0.6) is 0 Å². The Labute approximate surface area is 220 Å². The number of amides is 1. The van der Waals surface area contributed by atoms with Crippen molar-refractivity contribution >= 4 is 40.6 Å². The standard InChI is InChI=1S/C29H39ClN4O2/c1-2-3-4-5-6-7-8-9-12-21-36-29(35)34-19-17-33(18-20-34)28-24-13-10-11-14-25(24)31-26-16-15-23(30)22-27(26)32-28/h10-11,13-16,22,31H,2-9,12,17-21H2,1H3. The van der Waals surface area contributed by atoms with Crippen molar-refractivity contribution in [2.75, 3.05) is 38.1 Å². The molecule has 0 aliphatic carbocycles. The number of halogens is 1. The van der Waals surface area contributed by atoms with E-state index < -0.39 is 0 Å². The molecule has 0 radical (unpaired) electrons. The summed E-state index contributed by atoms with van der Waals surface area (Å²) in [4.78, 5) is 21.7. The molecular weight excluding hydrogens is 472 g/mol. The smallest absolute Gasteiger partial charge is 0.409 e. The first kappa shape index (κ1) is 26.3. The molecule has 2 aliphatic rings. The minimum absolute atomic E-state index is 0.198. The maximum atomic E-state index is 12.6. The number of aliphatic imine (C=N–C) groups is 1. The average molecular weight is 511 g/mol. The number of benzene rings is 2. The van der Waals surface area contributed by atoms with E-state index in [1.54, 1.807) is 0 Å². The van der Waals surface area contributed by atoms with Gasteiger partial charge in [0.25, 0.3) is 0 Å². The molecule has 1 N–H and O–H groups in total. The van der Waals surface area contributed by atoms with Crippen LogP contribution in [0.3, 0.4) is 0 Å². The molecule has 0 saturated carbocycles. The summed E-state index contributed by atoms with van der Waals surface area (Å²) in [5.74, 6) is 0.904. The minimum Gasteiger partial charge on any atom is -0.449 e. The van der Waals surface area contributed by atoms with Crippen LogP contribution >= 0.6 is 11.6 Å². The summed E-state index contributed by atoms with van der Waals surface area (Å²) in [6, 6.07) is 13.9. The first-order chi connectivity index (χ1) is 17.7. The first-order valence-corrected chi connectivity index (χ1v) is 13.9. The number of anilines is 2. The number of hydrogen-bond donors (Lipinski definition) is 1. The Bertz CT molecular complexity index is 1030. The third-order valence-corrected chi connectivity index (χ3v) is 7.17. The number of amidine groups is 1. The van der Waals surface area contributed by atoms with Gasteiger partial charge in [0.05, 0.1) is 18.0 Å². The number of carbonyl (C=O) groups excluding carboxylic acids is 1. The lowest BCUT2D eigenvalue weighted by atomic mass is 10.1. The van der Waals surface area contributed by atoms with Crippen molar-refractivity contribution in [3.63, 3.8) is 0 Å². The van der Waals surface area contributed by atoms with Gasteiger partial charge >= 0.3 is 6.09 Å². The summed E-state index contributed by atoms with van der Waals surface area (Å²) in [6.07, 6.45) is 11.1. The monoisotopic (exact) mass is 510 g/mol. The molecule has 2 aromatic carbocycles. The fourth-order valence-corrected chi connectivity index (χ4v) is 4.98. The predicted molar refractivity (Wildman–Crippen MR) is 149 cm³/mol. The van der Waals surface area contributed by atoms with Crippen molar-refractivity contribution in [1.82, 2.24) is 9.80 Å². The summed E-state index contributed by atoms with van der Waals surface area (Å²) in [7, 11) is 0. The van der Waals surface area contributed by atoms with Crippen molar-refractivity contribution in [2.45, 2.75) is 64.7 Å². The van der Waals surface area contributed by atoms with Gasteiger partial charge < -0.3 is 19.9 Å². The Morgan fingerprint density at radius 3 is 2.36 bits per heavy atom. The lowest BCUT2D eigenvalue weighted by molar-refractivity contribution is 0.0865. The average Bonchev–Trinajstić information content (AvgIpc) is 3.06. The van der Waals surface area contributed by atoms with E-state index in [0.717, 1.165) is 41.3 Å². The van der Waals surface area contributed by atoms with Gasteiger partial charge in [-0.05, 0) is 36.8 Å². The van der Waals surface area contributed by atoms with E-state index in [-0.39, 0.29) is 6.09 Å². The van der Waals surface area contributed by atoms with Gasteiger partial charge in [0.2, 0.25) is 0 Å². The van der Waals surface area contributed by atoms with Crippen molar-refractivity contribution in [2.24, 2.45) is 4.99 Å². The van der Waals surface area contributed by atoms with E-state index >= 15 is 0 Å². The summed E-state index contributed by atoms with van der Waals surface area (Å²) in [5.41, 5.74) is 3.81. The van der Waals surface area contributed by atoms with Crippen LogP contribution in [-0.4, -0.2) is 54.5 Å². The highest BCUT2D eigenvalue weighted by Gasteiger charge is 2.27. The topological polar surface area (TPSA) is 57.2 Å². The molecule has 1 amide bonds. The van der Waals surface area contributed by atoms with Gasteiger partial charge in [0, 0.05) is 42.5 Å². The second-order valence-corrected chi connectivity index (χ2v) is 10.1. The van der Waals surface area contributed by atoms with Crippen LogP contribution in [0.4, 0.5) is 21.9 Å². The molecule has 2 aromatic rings. The molecule has 4 rings (SSSR count). The quantitative estimate of drug-likeness (QED) is 0.332. The van der Waals surface area contributed by atoms with Crippen LogP contribution < -0.4 is 5.32 Å². The zero-order valence-electron chi connectivity index (χ0n) is 21.5. The highest BCUT2D eigenvalue weighted by Crippen LogP contribution is 2.36. The van der Waals surface area contributed by atoms with E-state index in [1.807, 2.05) is 35.2 Å². The number of para-hydroxylation sites is 1. The molecule has 1 saturated heterocycles. The Morgan fingerprint density at radius 2 is 1.61 bits per heavy atom. The van der Waals surface area contributed by atoms with Crippen LogP contribution in [0, 0.1) is 0 Å². The van der Waals surface area contributed by atoms with Crippen LogP contribution in [0.15, 0.2) is 47.5 Å². The zero-order valence-corrected chi connectivity index (χ0v) is 22.2. The normalized spacial score (nSPS) is 14.9. The van der Waals surface area contributed by atoms with Crippen molar-refractivity contribution in [3.8, 4) is 0 Å². The van der Waals surface area contributed by atoms with Gasteiger partial charge in [-0.1, -0.05) is 82.0 Å². The van der Waals surface area contributed by atoms with Gasteiger partial charge in [-0.25, -0.2) is 9.79 Å². The minimum atomic E-state index is -0.198. The number of hydrogen-bond acceptors (Lipinski definition) is 5. The lowest BCUT2D eigenvalue weighted by Crippen LogP contribution is -2.51. The van der Waals surface area contributed by atoms with E-state index in [0.29, 0.717) is 37.8 Å². The summed E-state index contributed by atoms with van der Waals surface area (Å²) in [5, 5.41) is 4.15. The number of unbranched alkanes of at least 4 members (excludes halogenated alkanes) is 8. The third kappa shape index (κ3) is 7.16. The summed E-state index contributed by atoms with van der Waals surface area (Å²) < 4.78 is 5.57. The van der Waals surface area contributed by atoms with Gasteiger partial charge in [-0.3, -0.25) is 0 Å². The fourth-order valence-electron chi connectivity index (χ4n) is 4.81. The van der Waals surface area contributed by atoms with Gasteiger partial charge in [-0.15, -0.1) is 0 Å². The van der Waals surface area contributed by atoms with E-state index in [9.17, 15) is 4.79 Å². The molecule has 194 valence electrons. The number of carbonyl (C=O) groups is 1. The third-order valence-electron chi connectivity index (χ3n) is 6.93. The molecule has 6 nitrogen and oxygen atoms in total. The van der Waals surface area contributed by atoms with Gasteiger partial charge in [-0.2, -0.15) is 0 Å². The van der Waals surface area contributed by atoms with Crippen molar-refractivity contribution in [3.05, 3.63) is 53.1 Å². The van der Waals surface area contributed by atoms with Crippen molar-refractivity contribution in [1.29, 1.82) is 0 Å². The molecular formula is C29H39ClN4O2. The van der Waals surface area contributed by atoms with Gasteiger partial charge in [0.1, 0.15) is 5.84 Å². The summed E-state index contributed by atoms with van der Waals surface area (Å²) >= 11 is 6.26. The van der Waals surface area contributed by atoms with Crippen LogP contribution in [-0.2, 0) is 4.74 Å². The maximum absolute atomic E-state index is 12.6. The number of ether oxygens (including phenoxy) is 1. The van der Waals surface area contributed by atoms with Gasteiger partial charge in [0.15, 0.2) is 0 Å². The highest BCUT2D eigenvalue weighted by atomic mass is 35.5. The highest BCUT2D eigenvalue weighted by molar-refractivity contribution is 6.31. The van der Waals surface area contributed by atoms with E-state index in [4.69, 9.17) is 21.3 Å². The number of rotatable bonds is 10. The van der Waals surface area contributed by atoms with Crippen LogP contribution in [0.1, 0.15) is 70.3 Å². The zero-order chi connectivity index (χ0) is 25.2. The second-order valence-electron chi connectivity index (χ2n) is 9.68. The lowest BCUT2D eigenvalue weighted by Gasteiger charge is -2.36. The fraction of sp³-hybridized carbons (Fsp3) is 0.517. The molecule has 0 unspecified atom stereocenters. The number of nitrogens with one attached hydrogen (secondary N) is 1. The Hall–Kier alpha value is -2.73. The Kier molecular flexibility index (Phi) is 9.91. The number of piperazine rings is 1. The van der Waals surface area contributed by atoms with Crippen molar-refractivity contribution < 1.29 is 9.53 Å². The largest absolute Gasteiger partial charge is 0.449 e. The molecule has 1 fully saturated rings. The molecule has 0 atom stereocenters. The summed E-state index contributed by atoms with van der Waals surface area (Å²) in [6.45, 7) is 5.41. The molecule has 2 heterocycles. The predicted octanol–water partition coefficient (Wildman–Crippen LogP) is 7.76. The number of nitrogens with zero attached hydrogens (tertiary/aromatic N) is 3. The molecule has 7 heteroatoms. The van der Waals surface area contributed by atoms with Crippen LogP contribution in [0.25, 0.3) is 0 Å². The first-order valence-electron chi connectivity index (χ1n) is 13.6. The molecule has 2 aliphatic heterocycles. The van der Waals surface area contributed by atoms with E-state index in [2.05, 4.69) is 29.3 Å². The SMILES string of the molecule is CCCCCCCCCCCOC(=O)N1CCN(C2=Nc3cc(Cl)ccc3Nc3ccccc32)CC1. The Morgan fingerprint density at radius 1 is 0.917 bits per heavy atom. The maximum Gasteiger partial charge on any atom is 0.409 e. The Balaban J connectivity index is 1.25. The molecule has 0 bridgehead atoms. The van der Waals surface area contributed by atoms with E-state index in [1.165, 1.54) is 44.9 Å². The second kappa shape index (κ2) is 13.5. The molecule has 36 heavy (non-hydrogen) atoms. The van der Waals surface area contributed by atoms with Crippen LogP contribution in [0.2, 0.25) is 5.02 Å².